The van der Waals surface area contributed by atoms with Gasteiger partial charge in [0.2, 0.25) is 0 Å². The van der Waals surface area contributed by atoms with Gasteiger partial charge in [-0.15, -0.1) is 0 Å². The minimum Gasteiger partial charge on any atom is -0.271 e. The Balaban J connectivity index is 2.21. The summed E-state index contributed by atoms with van der Waals surface area (Å²) in [6, 6.07) is 6.50. The van der Waals surface area contributed by atoms with Gasteiger partial charge in [-0.1, -0.05) is 30.4 Å². The first-order valence-corrected chi connectivity index (χ1v) is 6.87. The molecule has 0 spiro atoms. The summed E-state index contributed by atoms with van der Waals surface area (Å²) in [5.74, 6) is 0.389. The van der Waals surface area contributed by atoms with E-state index in [1.165, 1.54) is 6.07 Å². The molecule has 0 saturated carbocycles. The molecule has 0 aliphatic heterocycles. The second-order valence-electron chi connectivity index (χ2n) is 5.31. The van der Waals surface area contributed by atoms with Crippen molar-refractivity contribution in [3.8, 4) is 0 Å². The molecule has 5 nitrogen and oxygen atoms in total. The lowest BCUT2D eigenvalue weighted by Crippen LogP contribution is -2.16. The number of hydrazone groups is 1. The zero-order valence-electron chi connectivity index (χ0n) is 12.3. The van der Waals surface area contributed by atoms with Crippen LogP contribution in [0, 0.1) is 16.0 Å². The van der Waals surface area contributed by atoms with Gasteiger partial charge in [0.05, 0.1) is 10.6 Å². The lowest BCUT2D eigenvalue weighted by molar-refractivity contribution is -0.384. The molecule has 1 aliphatic carbocycles. The Kier molecular flexibility index (Phi) is 4.52. The predicted molar refractivity (Wildman–Crippen MR) is 85.4 cm³/mol. The third-order valence-electron chi connectivity index (χ3n) is 3.71. The normalized spacial score (nSPS) is 20.0. The molecule has 1 atom stereocenters. The van der Waals surface area contributed by atoms with Crippen LogP contribution in [-0.2, 0) is 0 Å². The van der Waals surface area contributed by atoms with Crippen molar-refractivity contribution in [2.45, 2.75) is 26.7 Å². The smallest absolute Gasteiger partial charge is 0.271 e. The molecule has 1 N–H and O–H groups in total. The number of nitro groups is 1. The topological polar surface area (TPSA) is 67.5 Å². The molecule has 0 amide bonds. The molecule has 0 radical (unpaired) electrons. The molecule has 0 aromatic heterocycles. The summed E-state index contributed by atoms with van der Waals surface area (Å²) in [7, 11) is 0. The first-order valence-electron chi connectivity index (χ1n) is 6.87. The van der Waals surface area contributed by atoms with Crippen molar-refractivity contribution >= 4 is 17.1 Å². The largest absolute Gasteiger partial charge is 0.294 e. The Morgan fingerprint density at radius 3 is 2.86 bits per heavy atom. The third kappa shape index (κ3) is 3.56. The number of hydrogen-bond acceptors (Lipinski definition) is 4. The quantitative estimate of drug-likeness (QED) is 0.509. The SMILES string of the molecule is C=C(C)[C@@H]1CC=C(C)/C(=N/Nc2ccccc2[N+](=O)[O-])C1. The number of hydrogen-bond donors (Lipinski definition) is 1. The summed E-state index contributed by atoms with van der Waals surface area (Å²) < 4.78 is 0. The van der Waals surface area contributed by atoms with Crippen LogP contribution < -0.4 is 5.43 Å². The van der Waals surface area contributed by atoms with Gasteiger partial charge in [0, 0.05) is 6.07 Å². The first-order chi connectivity index (χ1) is 9.99. The number of nitro benzene ring substituents is 1. The molecule has 0 bridgehead atoms. The Labute approximate surface area is 124 Å². The van der Waals surface area contributed by atoms with E-state index in [2.05, 4.69) is 23.2 Å². The highest BCUT2D eigenvalue weighted by molar-refractivity contribution is 6.01. The van der Waals surface area contributed by atoms with Gasteiger partial charge >= 0.3 is 0 Å². The number of para-hydroxylation sites is 2. The van der Waals surface area contributed by atoms with E-state index in [1.807, 2.05) is 13.8 Å². The maximum absolute atomic E-state index is 11.0. The molecule has 0 unspecified atom stereocenters. The number of benzene rings is 1. The second kappa shape index (κ2) is 6.35. The van der Waals surface area contributed by atoms with Crippen LogP contribution in [0.15, 0.2) is 53.2 Å². The van der Waals surface area contributed by atoms with Crippen LogP contribution in [0.4, 0.5) is 11.4 Å². The maximum atomic E-state index is 11.0. The summed E-state index contributed by atoms with van der Waals surface area (Å²) in [6.07, 6.45) is 3.93. The Hall–Kier alpha value is -2.43. The van der Waals surface area contributed by atoms with Crippen molar-refractivity contribution in [2.24, 2.45) is 11.0 Å². The number of nitrogens with one attached hydrogen (secondary N) is 1. The van der Waals surface area contributed by atoms with E-state index < -0.39 is 4.92 Å². The molecule has 1 aromatic rings. The summed E-state index contributed by atoms with van der Waals surface area (Å²) in [6.45, 7) is 8.03. The van der Waals surface area contributed by atoms with Gasteiger partial charge in [-0.2, -0.15) is 5.10 Å². The molecule has 0 fully saturated rings. The van der Waals surface area contributed by atoms with Crippen molar-refractivity contribution in [1.82, 2.24) is 0 Å². The first kappa shape index (κ1) is 15.0. The molecule has 0 saturated heterocycles. The standard InChI is InChI=1S/C16H19N3O2/c1-11(2)13-9-8-12(3)15(10-13)18-17-14-6-4-5-7-16(14)19(20)21/h4-8,13,17H,1,9-10H2,2-3H3/b18-15+/t13-/m1/s1. The summed E-state index contributed by atoms with van der Waals surface area (Å²) in [5.41, 5.74) is 6.43. The molecular formula is C16H19N3O2. The van der Waals surface area contributed by atoms with Crippen LogP contribution in [0.1, 0.15) is 26.7 Å². The Morgan fingerprint density at radius 1 is 1.48 bits per heavy atom. The molecule has 21 heavy (non-hydrogen) atoms. The van der Waals surface area contributed by atoms with Gasteiger partial charge in [-0.05, 0) is 44.2 Å². The molecular weight excluding hydrogens is 266 g/mol. The van der Waals surface area contributed by atoms with E-state index >= 15 is 0 Å². The lowest BCUT2D eigenvalue weighted by Gasteiger charge is -2.22. The van der Waals surface area contributed by atoms with Gasteiger partial charge in [-0.25, -0.2) is 0 Å². The monoisotopic (exact) mass is 285 g/mol. The highest BCUT2D eigenvalue weighted by Gasteiger charge is 2.19. The predicted octanol–water partition coefficient (Wildman–Crippen LogP) is 4.30. The summed E-state index contributed by atoms with van der Waals surface area (Å²) >= 11 is 0. The molecule has 1 aliphatic rings. The van der Waals surface area contributed by atoms with E-state index in [9.17, 15) is 10.1 Å². The molecule has 5 heteroatoms. The van der Waals surface area contributed by atoms with E-state index in [-0.39, 0.29) is 5.69 Å². The van der Waals surface area contributed by atoms with Crippen LogP contribution >= 0.6 is 0 Å². The maximum Gasteiger partial charge on any atom is 0.294 e. The van der Waals surface area contributed by atoms with Crippen molar-refractivity contribution in [3.63, 3.8) is 0 Å². The van der Waals surface area contributed by atoms with Crippen LogP contribution in [0.2, 0.25) is 0 Å². The molecule has 110 valence electrons. The fourth-order valence-electron chi connectivity index (χ4n) is 2.28. The zero-order chi connectivity index (χ0) is 15.4. The van der Waals surface area contributed by atoms with E-state index in [4.69, 9.17) is 0 Å². The minimum atomic E-state index is -0.414. The Morgan fingerprint density at radius 2 is 2.19 bits per heavy atom. The van der Waals surface area contributed by atoms with Crippen molar-refractivity contribution in [3.05, 3.63) is 58.2 Å². The third-order valence-corrected chi connectivity index (χ3v) is 3.71. The molecule has 2 rings (SSSR count). The molecule has 1 aromatic carbocycles. The van der Waals surface area contributed by atoms with E-state index in [0.717, 1.165) is 29.7 Å². The zero-order valence-corrected chi connectivity index (χ0v) is 12.3. The fraction of sp³-hybridized carbons (Fsp3) is 0.312. The van der Waals surface area contributed by atoms with Crippen LogP contribution in [-0.4, -0.2) is 10.6 Å². The molecule has 0 heterocycles. The lowest BCUT2D eigenvalue weighted by atomic mass is 9.85. The van der Waals surface area contributed by atoms with Gasteiger partial charge in [0.25, 0.3) is 5.69 Å². The Bertz CT molecular complexity index is 632. The van der Waals surface area contributed by atoms with E-state index in [1.54, 1.807) is 18.2 Å². The number of rotatable bonds is 4. The average molecular weight is 285 g/mol. The number of nitrogens with zero attached hydrogens (tertiary/aromatic N) is 2. The van der Waals surface area contributed by atoms with E-state index in [0.29, 0.717) is 11.6 Å². The van der Waals surface area contributed by atoms with Crippen LogP contribution in [0.3, 0.4) is 0 Å². The van der Waals surface area contributed by atoms with Crippen LogP contribution in [0.5, 0.6) is 0 Å². The summed E-state index contributed by atoms with van der Waals surface area (Å²) in [5, 5.41) is 15.3. The summed E-state index contributed by atoms with van der Waals surface area (Å²) in [4.78, 5) is 10.6. The van der Waals surface area contributed by atoms with Gasteiger partial charge < -0.3 is 0 Å². The number of anilines is 1. The minimum absolute atomic E-state index is 0.0238. The second-order valence-corrected chi connectivity index (χ2v) is 5.31. The average Bonchev–Trinajstić information content (AvgIpc) is 2.46. The van der Waals surface area contributed by atoms with Crippen molar-refractivity contribution < 1.29 is 4.92 Å². The fourth-order valence-corrected chi connectivity index (χ4v) is 2.28. The van der Waals surface area contributed by atoms with Crippen molar-refractivity contribution in [2.75, 3.05) is 5.43 Å². The number of allylic oxidation sites excluding steroid dienone is 3. The van der Waals surface area contributed by atoms with Gasteiger partial charge in [0.1, 0.15) is 5.69 Å². The van der Waals surface area contributed by atoms with Gasteiger partial charge in [0.15, 0.2) is 0 Å². The van der Waals surface area contributed by atoms with Crippen LogP contribution in [0.25, 0.3) is 0 Å². The van der Waals surface area contributed by atoms with Gasteiger partial charge in [-0.3, -0.25) is 15.5 Å². The highest BCUT2D eigenvalue weighted by Crippen LogP contribution is 2.28. The van der Waals surface area contributed by atoms with Crippen molar-refractivity contribution in [1.29, 1.82) is 0 Å². The highest BCUT2D eigenvalue weighted by atomic mass is 16.6.